The number of hydrogen-bond acceptors (Lipinski definition) is 1. The highest BCUT2D eigenvalue weighted by atomic mass is 14.9. The number of fused-ring (bicyclic) bond motifs is 1. The Morgan fingerprint density at radius 3 is 2.80 bits per heavy atom. The molecule has 0 aliphatic heterocycles. The Morgan fingerprint density at radius 2 is 2.13 bits per heavy atom. The first-order valence-electron chi connectivity index (χ1n) is 5.71. The Balaban J connectivity index is 2.14. The van der Waals surface area contributed by atoms with E-state index in [0.29, 0.717) is 12.0 Å². The average molecular weight is 201 g/mol. The van der Waals surface area contributed by atoms with Crippen LogP contribution in [0.5, 0.6) is 0 Å². The third kappa shape index (κ3) is 2.13. The van der Waals surface area contributed by atoms with Crippen LogP contribution in [0.3, 0.4) is 0 Å². The Bertz CT molecular complexity index is 343. The van der Waals surface area contributed by atoms with Crippen molar-refractivity contribution in [2.24, 2.45) is 5.92 Å². The number of hydrogen-bond donors (Lipinski definition) is 1. The van der Waals surface area contributed by atoms with Gasteiger partial charge >= 0.3 is 0 Å². The van der Waals surface area contributed by atoms with Gasteiger partial charge in [-0.2, -0.15) is 0 Å². The molecule has 0 radical (unpaired) electrons. The van der Waals surface area contributed by atoms with E-state index < -0.39 is 0 Å². The second kappa shape index (κ2) is 4.63. The van der Waals surface area contributed by atoms with Crippen LogP contribution in [0, 0.1) is 5.92 Å². The first-order chi connectivity index (χ1) is 7.35. The van der Waals surface area contributed by atoms with Gasteiger partial charge in [0, 0.05) is 6.04 Å². The normalized spacial score (nSPS) is 21.8. The van der Waals surface area contributed by atoms with Gasteiger partial charge in [-0.05, 0) is 43.4 Å². The lowest BCUT2D eigenvalue weighted by Crippen LogP contribution is -2.34. The number of likely N-dealkylation sites (N-methyl/N-ethyl adjacent to an activating group) is 1. The van der Waals surface area contributed by atoms with Crippen molar-refractivity contribution in [2.45, 2.75) is 25.3 Å². The maximum Gasteiger partial charge on any atom is 0.0276 e. The zero-order valence-corrected chi connectivity index (χ0v) is 9.37. The van der Waals surface area contributed by atoms with Crippen LogP contribution in [-0.4, -0.2) is 13.1 Å². The van der Waals surface area contributed by atoms with Crippen molar-refractivity contribution in [1.29, 1.82) is 0 Å². The van der Waals surface area contributed by atoms with Gasteiger partial charge in [-0.3, -0.25) is 0 Å². The molecule has 1 aliphatic rings. The van der Waals surface area contributed by atoms with Crippen LogP contribution in [-0.2, 0) is 12.8 Å². The molecule has 1 aromatic carbocycles. The first-order valence-corrected chi connectivity index (χ1v) is 5.71. The summed E-state index contributed by atoms with van der Waals surface area (Å²) in [5.41, 5.74) is 3.06. The Morgan fingerprint density at radius 1 is 1.40 bits per heavy atom. The molecule has 2 atom stereocenters. The Kier molecular flexibility index (Phi) is 3.22. The van der Waals surface area contributed by atoms with Crippen molar-refractivity contribution in [3.05, 3.63) is 48.0 Å². The van der Waals surface area contributed by atoms with E-state index in [1.807, 2.05) is 13.1 Å². The van der Waals surface area contributed by atoms with Crippen LogP contribution < -0.4 is 5.32 Å². The molecule has 2 unspecified atom stereocenters. The lowest BCUT2D eigenvalue weighted by atomic mass is 9.80. The quantitative estimate of drug-likeness (QED) is 0.741. The lowest BCUT2D eigenvalue weighted by molar-refractivity contribution is 0.381. The molecule has 15 heavy (non-hydrogen) atoms. The molecule has 0 saturated carbocycles. The molecule has 1 aromatic rings. The third-order valence-electron chi connectivity index (χ3n) is 3.48. The summed E-state index contributed by atoms with van der Waals surface area (Å²) >= 11 is 0. The molecular formula is C14H19N. The maximum atomic E-state index is 3.90. The van der Waals surface area contributed by atoms with Crippen molar-refractivity contribution in [3.8, 4) is 0 Å². The van der Waals surface area contributed by atoms with Gasteiger partial charge in [0.15, 0.2) is 0 Å². The number of benzene rings is 1. The van der Waals surface area contributed by atoms with Crippen LogP contribution in [0.15, 0.2) is 36.9 Å². The SMILES string of the molecule is C=CC(NC)C1CCc2ccccc2C1. The van der Waals surface area contributed by atoms with Crippen LogP contribution in [0.1, 0.15) is 17.5 Å². The molecule has 2 rings (SSSR count). The van der Waals surface area contributed by atoms with Gasteiger partial charge in [0.2, 0.25) is 0 Å². The average Bonchev–Trinajstić information content (AvgIpc) is 2.30. The molecule has 1 N–H and O–H groups in total. The highest BCUT2D eigenvalue weighted by Crippen LogP contribution is 2.27. The summed E-state index contributed by atoms with van der Waals surface area (Å²) in [5, 5.41) is 3.33. The zero-order chi connectivity index (χ0) is 10.7. The van der Waals surface area contributed by atoms with Crippen molar-refractivity contribution < 1.29 is 0 Å². The summed E-state index contributed by atoms with van der Waals surface area (Å²) in [6, 6.07) is 9.26. The van der Waals surface area contributed by atoms with Crippen LogP contribution >= 0.6 is 0 Å². The van der Waals surface area contributed by atoms with Gasteiger partial charge in [-0.15, -0.1) is 6.58 Å². The van der Waals surface area contributed by atoms with Crippen molar-refractivity contribution in [1.82, 2.24) is 5.32 Å². The van der Waals surface area contributed by atoms with Gasteiger partial charge in [0.05, 0.1) is 0 Å². The topological polar surface area (TPSA) is 12.0 Å². The molecule has 0 saturated heterocycles. The molecule has 0 aromatic heterocycles. The fourth-order valence-electron chi connectivity index (χ4n) is 2.58. The molecule has 1 heteroatoms. The molecule has 0 amide bonds. The van der Waals surface area contributed by atoms with Crippen molar-refractivity contribution in [2.75, 3.05) is 7.05 Å². The Labute approximate surface area is 92.2 Å². The molecule has 80 valence electrons. The van der Waals surface area contributed by atoms with E-state index in [9.17, 15) is 0 Å². The highest BCUT2D eigenvalue weighted by molar-refractivity contribution is 5.30. The largest absolute Gasteiger partial charge is 0.313 e. The standard InChI is InChI=1S/C14H19N/c1-3-14(15-2)13-9-8-11-6-4-5-7-12(11)10-13/h3-7,13-15H,1,8-10H2,2H3. The van der Waals surface area contributed by atoms with Gasteiger partial charge < -0.3 is 5.32 Å². The minimum Gasteiger partial charge on any atom is -0.313 e. The molecule has 0 heterocycles. The fraction of sp³-hybridized carbons (Fsp3) is 0.429. The number of nitrogens with one attached hydrogen (secondary N) is 1. The molecule has 1 nitrogen and oxygen atoms in total. The number of aryl methyl sites for hydroxylation is 1. The lowest BCUT2D eigenvalue weighted by Gasteiger charge is -2.29. The van der Waals surface area contributed by atoms with E-state index in [0.717, 1.165) is 0 Å². The minimum atomic E-state index is 0.457. The van der Waals surface area contributed by atoms with Gasteiger partial charge in [-0.25, -0.2) is 0 Å². The van der Waals surface area contributed by atoms with Crippen molar-refractivity contribution in [3.63, 3.8) is 0 Å². The fourth-order valence-corrected chi connectivity index (χ4v) is 2.58. The monoisotopic (exact) mass is 201 g/mol. The third-order valence-corrected chi connectivity index (χ3v) is 3.48. The second-order valence-electron chi connectivity index (χ2n) is 4.32. The van der Waals surface area contributed by atoms with E-state index >= 15 is 0 Å². The van der Waals surface area contributed by atoms with Crippen LogP contribution in [0.4, 0.5) is 0 Å². The van der Waals surface area contributed by atoms with Gasteiger partial charge in [0.1, 0.15) is 0 Å². The van der Waals surface area contributed by atoms with E-state index in [-0.39, 0.29) is 0 Å². The zero-order valence-electron chi connectivity index (χ0n) is 9.37. The summed E-state index contributed by atoms with van der Waals surface area (Å²) in [6.45, 7) is 3.90. The molecule has 0 spiro atoms. The summed E-state index contributed by atoms with van der Waals surface area (Å²) in [6.07, 6.45) is 5.72. The molecular weight excluding hydrogens is 182 g/mol. The van der Waals surface area contributed by atoms with Gasteiger partial charge in [0.25, 0.3) is 0 Å². The maximum absolute atomic E-state index is 3.90. The first kappa shape index (κ1) is 10.4. The Hall–Kier alpha value is -1.08. The summed E-state index contributed by atoms with van der Waals surface area (Å²) in [4.78, 5) is 0. The summed E-state index contributed by atoms with van der Waals surface area (Å²) in [7, 11) is 2.02. The van der Waals surface area contributed by atoms with Crippen LogP contribution in [0.25, 0.3) is 0 Å². The molecule has 1 aliphatic carbocycles. The minimum absolute atomic E-state index is 0.457. The van der Waals surface area contributed by atoms with Gasteiger partial charge in [-0.1, -0.05) is 30.3 Å². The predicted octanol–water partition coefficient (Wildman–Crippen LogP) is 2.57. The summed E-state index contributed by atoms with van der Waals surface area (Å²) in [5.74, 6) is 0.711. The number of rotatable bonds is 3. The molecule has 0 bridgehead atoms. The van der Waals surface area contributed by atoms with E-state index in [4.69, 9.17) is 0 Å². The van der Waals surface area contributed by atoms with Crippen molar-refractivity contribution >= 4 is 0 Å². The summed E-state index contributed by atoms with van der Waals surface area (Å²) < 4.78 is 0. The second-order valence-corrected chi connectivity index (χ2v) is 4.32. The van der Waals surface area contributed by atoms with Crippen LogP contribution in [0.2, 0.25) is 0 Å². The highest BCUT2D eigenvalue weighted by Gasteiger charge is 2.22. The smallest absolute Gasteiger partial charge is 0.0276 e. The molecule has 0 fully saturated rings. The van der Waals surface area contributed by atoms with E-state index in [2.05, 4.69) is 36.2 Å². The predicted molar refractivity (Wildman–Crippen MR) is 65.0 cm³/mol. The van der Waals surface area contributed by atoms with E-state index in [1.54, 1.807) is 0 Å². The van der Waals surface area contributed by atoms with E-state index in [1.165, 1.54) is 30.4 Å².